The van der Waals surface area contributed by atoms with Crippen LogP contribution in [-0.2, 0) is 16.0 Å². The van der Waals surface area contributed by atoms with Crippen LogP contribution in [-0.4, -0.2) is 29.7 Å². The van der Waals surface area contributed by atoms with Crippen molar-refractivity contribution in [2.45, 2.75) is 19.8 Å². The molecule has 3 aromatic rings. The number of benzene rings is 1. The minimum atomic E-state index is -0.405. The van der Waals surface area contributed by atoms with Crippen LogP contribution >= 0.6 is 11.3 Å². The summed E-state index contributed by atoms with van der Waals surface area (Å²) in [5.41, 5.74) is 4.10. The van der Waals surface area contributed by atoms with E-state index in [4.69, 9.17) is 9.72 Å². The molecule has 0 spiro atoms. The number of nitrogens with zero attached hydrogens (tertiary/aromatic N) is 2. The third-order valence-corrected chi connectivity index (χ3v) is 4.70. The molecule has 0 radical (unpaired) electrons. The summed E-state index contributed by atoms with van der Waals surface area (Å²) < 4.78 is 9.92. The molecule has 0 saturated carbocycles. The van der Waals surface area contributed by atoms with Gasteiger partial charge in [-0.25, -0.2) is 9.78 Å². The van der Waals surface area contributed by atoms with E-state index in [2.05, 4.69) is 22.7 Å². The van der Waals surface area contributed by atoms with Gasteiger partial charge in [0.2, 0.25) is 0 Å². The van der Waals surface area contributed by atoms with Crippen molar-refractivity contribution in [2.75, 3.05) is 13.7 Å². The fourth-order valence-corrected chi connectivity index (χ4v) is 3.29. The zero-order valence-corrected chi connectivity index (χ0v) is 15.6. The average molecular weight is 368 g/mol. The molecular formula is C20H20N2O3S. The van der Waals surface area contributed by atoms with Crippen molar-refractivity contribution >= 4 is 17.3 Å². The highest BCUT2D eigenvalue weighted by atomic mass is 32.1. The zero-order chi connectivity index (χ0) is 18.4. The van der Waals surface area contributed by atoms with Crippen molar-refractivity contribution in [1.29, 1.82) is 0 Å². The number of hydrogen-bond acceptors (Lipinski definition) is 6. The van der Waals surface area contributed by atoms with Crippen molar-refractivity contribution in [2.24, 2.45) is 0 Å². The molecule has 0 unspecified atom stereocenters. The molecule has 0 amide bonds. The Balaban J connectivity index is 1.73. The van der Waals surface area contributed by atoms with Gasteiger partial charge in [0.15, 0.2) is 6.61 Å². The first-order chi connectivity index (χ1) is 12.7. The number of rotatable bonds is 7. The monoisotopic (exact) mass is 368 g/mol. The highest BCUT2D eigenvalue weighted by Crippen LogP contribution is 2.30. The second-order valence-electron chi connectivity index (χ2n) is 5.71. The molecule has 0 bridgehead atoms. The van der Waals surface area contributed by atoms with Crippen LogP contribution in [0.5, 0.6) is 5.75 Å². The van der Waals surface area contributed by atoms with E-state index in [1.165, 1.54) is 7.11 Å². The van der Waals surface area contributed by atoms with Crippen LogP contribution in [0, 0.1) is 0 Å². The molecule has 6 heteroatoms. The molecule has 2 aromatic heterocycles. The first kappa shape index (κ1) is 18.1. The summed E-state index contributed by atoms with van der Waals surface area (Å²) in [6.07, 6.45) is 3.89. The summed E-state index contributed by atoms with van der Waals surface area (Å²) in [6, 6.07) is 11.6. The molecule has 0 fully saturated rings. The predicted octanol–water partition coefficient (Wildman–Crippen LogP) is 4.38. The van der Waals surface area contributed by atoms with Crippen LogP contribution in [0.3, 0.4) is 0 Å². The third-order valence-electron chi connectivity index (χ3n) is 3.81. The maximum Gasteiger partial charge on any atom is 0.343 e. The van der Waals surface area contributed by atoms with E-state index in [0.717, 1.165) is 40.4 Å². The molecule has 1 aromatic carbocycles. The Morgan fingerprint density at radius 2 is 1.96 bits per heavy atom. The normalized spacial score (nSPS) is 10.5. The molecule has 0 aliphatic rings. The Morgan fingerprint density at radius 1 is 1.15 bits per heavy atom. The van der Waals surface area contributed by atoms with E-state index in [0.29, 0.717) is 5.75 Å². The fraction of sp³-hybridized carbons (Fsp3) is 0.250. The quantitative estimate of drug-likeness (QED) is 0.579. The molecule has 0 atom stereocenters. The second-order valence-corrected chi connectivity index (χ2v) is 6.57. The van der Waals surface area contributed by atoms with Gasteiger partial charge in [0.25, 0.3) is 0 Å². The van der Waals surface area contributed by atoms with Gasteiger partial charge < -0.3 is 9.47 Å². The van der Waals surface area contributed by atoms with Crippen LogP contribution < -0.4 is 4.74 Å². The molecule has 134 valence electrons. The van der Waals surface area contributed by atoms with Crippen molar-refractivity contribution in [3.05, 3.63) is 53.7 Å². The Kier molecular flexibility index (Phi) is 5.96. The van der Waals surface area contributed by atoms with Gasteiger partial charge in [-0.05, 0) is 42.8 Å². The van der Waals surface area contributed by atoms with Crippen LogP contribution in [0.4, 0.5) is 0 Å². The van der Waals surface area contributed by atoms with Gasteiger partial charge in [0.1, 0.15) is 10.8 Å². The lowest BCUT2D eigenvalue weighted by atomic mass is 10.1. The van der Waals surface area contributed by atoms with E-state index in [1.54, 1.807) is 11.3 Å². The maximum absolute atomic E-state index is 11.1. The largest absolute Gasteiger partial charge is 0.482 e. The number of pyridine rings is 1. The number of ether oxygens (including phenoxy) is 2. The molecule has 2 heterocycles. The second kappa shape index (κ2) is 8.58. The lowest BCUT2D eigenvalue weighted by molar-refractivity contribution is -0.142. The van der Waals surface area contributed by atoms with Crippen molar-refractivity contribution in [3.8, 4) is 27.6 Å². The molecule has 5 nitrogen and oxygen atoms in total. The van der Waals surface area contributed by atoms with Gasteiger partial charge in [-0.2, -0.15) is 0 Å². The average Bonchev–Trinajstić information content (AvgIpc) is 3.17. The summed E-state index contributed by atoms with van der Waals surface area (Å²) in [4.78, 5) is 20.3. The number of thiazole rings is 1. The van der Waals surface area contributed by atoms with E-state index in [1.807, 2.05) is 41.9 Å². The lowest BCUT2D eigenvalue weighted by Gasteiger charge is -2.05. The van der Waals surface area contributed by atoms with Crippen LogP contribution in [0.1, 0.15) is 19.0 Å². The van der Waals surface area contributed by atoms with E-state index in [9.17, 15) is 4.79 Å². The predicted molar refractivity (Wildman–Crippen MR) is 102 cm³/mol. The highest BCUT2D eigenvalue weighted by molar-refractivity contribution is 7.13. The SMILES string of the molecule is CCCc1cc(-c2nc(-c3ccc(OCC(=O)OC)cc3)cs2)ccn1. The number of carbonyl (C=O) groups is 1. The number of hydrogen-bond donors (Lipinski definition) is 0. The first-order valence-electron chi connectivity index (χ1n) is 8.40. The van der Waals surface area contributed by atoms with Gasteiger partial charge in [-0.15, -0.1) is 11.3 Å². The molecule has 0 aliphatic heterocycles. The summed E-state index contributed by atoms with van der Waals surface area (Å²) in [6.45, 7) is 2.05. The highest BCUT2D eigenvalue weighted by Gasteiger charge is 2.08. The smallest absolute Gasteiger partial charge is 0.343 e. The van der Waals surface area contributed by atoms with E-state index in [-0.39, 0.29) is 6.61 Å². The van der Waals surface area contributed by atoms with Gasteiger partial charge in [0, 0.05) is 28.4 Å². The molecule has 0 N–H and O–H groups in total. The Hall–Kier alpha value is -2.73. The summed E-state index contributed by atoms with van der Waals surface area (Å²) in [5.74, 6) is 0.214. The van der Waals surface area contributed by atoms with Crippen molar-refractivity contribution in [3.63, 3.8) is 0 Å². The third kappa shape index (κ3) is 4.46. The first-order valence-corrected chi connectivity index (χ1v) is 9.28. The van der Waals surface area contributed by atoms with Gasteiger partial charge >= 0.3 is 5.97 Å². The molecule has 3 rings (SSSR count). The van der Waals surface area contributed by atoms with E-state index < -0.39 is 5.97 Å². The molecule has 26 heavy (non-hydrogen) atoms. The topological polar surface area (TPSA) is 61.3 Å². The van der Waals surface area contributed by atoms with Crippen LogP contribution in [0.25, 0.3) is 21.8 Å². The van der Waals surface area contributed by atoms with Crippen LogP contribution in [0.2, 0.25) is 0 Å². The van der Waals surface area contributed by atoms with Crippen molar-refractivity contribution in [1.82, 2.24) is 9.97 Å². The van der Waals surface area contributed by atoms with Crippen molar-refractivity contribution < 1.29 is 14.3 Å². The van der Waals surface area contributed by atoms with Gasteiger partial charge in [-0.3, -0.25) is 4.98 Å². The minimum Gasteiger partial charge on any atom is -0.482 e. The van der Waals surface area contributed by atoms with Gasteiger partial charge in [0.05, 0.1) is 12.8 Å². The number of esters is 1. The van der Waals surface area contributed by atoms with E-state index >= 15 is 0 Å². The summed E-state index contributed by atoms with van der Waals surface area (Å²) >= 11 is 1.61. The minimum absolute atomic E-state index is 0.0984. The fourth-order valence-electron chi connectivity index (χ4n) is 2.47. The lowest BCUT2D eigenvalue weighted by Crippen LogP contribution is -2.12. The standard InChI is InChI=1S/C20H20N2O3S/c1-3-4-16-11-15(9-10-21-16)20-22-18(13-26-20)14-5-7-17(8-6-14)25-12-19(23)24-2/h5-11,13H,3-4,12H2,1-2H3. The number of carbonyl (C=O) groups excluding carboxylic acids is 1. The molecule has 0 saturated heterocycles. The summed E-state index contributed by atoms with van der Waals surface area (Å²) in [7, 11) is 1.34. The number of methoxy groups -OCH3 is 1. The molecule has 0 aliphatic carbocycles. The number of aryl methyl sites for hydroxylation is 1. The Bertz CT molecular complexity index is 875. The maximum atomic E-state index is 11.1. The zero-order valence-electron chi connectivity index (χ0n) is 14.8. The Morgan fingerprint density at radius 3 is 2.69 bits per heavy atom. The summed E-state index contributed by atoms with van der Waals surface area (Å²) in [5, 5.41) is 3.02. The molecular weight excluding hydrogens is 348 g/mol. The van der Waals surface area contributed by atoms with Crippen LogP contribution in [0.15, 0.2) is 48.0 Å². The Labute approximate surface area is 156 Å². The van der Waals surface area contributed by atoms with Gasteiger partial charge in [-0.1, -0.05) is 13.3 Å². The number of aromatic nitrogens is 2.